The zero-order valence-corrected chi connectivity index (χ0v) is 12.1. The molecule has 0 aromatic heterocycles. The van der Waals surface area contributed by atoms with Gasteiger partial charge in [-0.1, -0.05) is 6.07 Å². The topological polar surface area (TPSA) is 30.5 Å². The molecule has 2 rings (SSSR count). The van der Waals surface area contributed by atoms with Crippen molar-refractivity contribution in [3.63, 3.8) is 0 Å². The van der Waals surface area contributed by atoms with Crippen LogP contribution in [0, 0.1) is 11.6 Å². The van der Waals surface area contributed by atoms with Crippen molar-refractivity contribution in [2.24, 2.45) is 0 Å². The van der Waals surface area contributed by atoms with Gasteiger partial charge < -0.3 is 14.8 Å². The maximum atomic E-state index is 13.7. The van der Waals surface area contributed by atoms with Gasteiger partial charge in [-0.3, -0.25) is 0 Å². The summed E-state index contributed by atoms with van der Waals surface area (Å²) in [5.41, 5.74) is 1.45. The molecule has 2 aromatic carbocycles. The van der Waals surface area contributed by atoms with Crippen molar-refractivity contribution in [1.29, 1.82) is 0 Å². The molecule has 0 aliphatic carbocycles. The largest absolute Gasteiger partial charge is 0.494 e. The van der Waals surface area contributed by atoms with E-state index in [2.05, 4.69) is 5.32 Å². The van der Waals surface area contributed by atoms with E-state index in [9.17, 15) is 8.78 Å². The zero-order valence-electron chi connectivity index (χ0n) is 12.1. The Morgan fingerprint density at radius 2 is 1.62 bits per heavy atom. The third-order valence-corrected chi connectivity index (χ3v) is 3.21. The molecule has 0 spiro atoms. The molecule has 2 aromatic rings. The lowest BCUT2D eigenvalue weighted by molar-refractivity contribution is 0.386. The van der Waals surface area contributed by atoms with Gasteiger partial charge >= 0.3 is 0 Å². The maximum absolute atomic E-state index is 13.7. The smallest absolute Gasteiger partial charge is 0.165 e. The molecule has 5 heteroatoms. The molecule has 21 heavy (non-hydrogen) atoms. The normalized spacial score (nSPS) is 11.9. The van der Waals surface area contributed by atoms with Crippen LogP contribution in [0.2, 0.25) is 0 Å². The van der Waals surface area contributed by atoms with Crippen molar-refractivity contribution in [3.8, 4) is 11.5 Å². The first-order valence-electron chi connectivity index (χ1n) is 6.48. The fourth-order valence-electron chi connectivity index (χ4n) is 2.03. The molecule has 0 saturated heterocycles. The van der Waals surface area contributed by atoms with Crippen LogP contribution in [-0.2, 0) is 0 Å². The summed E-state index contributed by atoms with van der Waals surface area (Å²) >= 11 is 0. The lowest BCUT2D eigenvalue weighted by Crippen LogP contribution is -2.07. The SMILES string of the molecule is COc1ccc(C(C)Nc2ccc(F)c(OC)c2)cc1F. The van der Waals surface area contributed by atoms with E-state index in [-0.39, 0.29) is 17.5 Å². The molecular weight excluding hydrogens is 276 g/mol. The van der Waals surface area contributed by atoms with Crippen molar-refractivity contribution in [2.75, 3.05) is 19.5 Å². The lowest BCUT2D eigenvalue weighted by Gasteiger charge is -2.17. The van der Waals surface area contributed by atoms with E-state index in [0.29, 0.717) is 5.69 Å². The lowest BCUT2D eigenvalue weighted by atomic mass is 10.1. The van der Waals surface area contributed by atoms with Gasteiger partial charge in [-0.05, 0) is 36.8 Å². The summed E-state index contributed by atoms with van der Waals surface area (Å²) in [6, 6.07) is 9.11. The summed E-state index contributed by atoms with van der Waals surface area (Å²) in [5.74, 6) is -0.478. The minimum Gasteiger partial charge on any atom is -0.494 e. The minimum atomic E-state index is -0.425. The number of halogens is 2. The third-order valence-electron chi connectivity index (χ3n) is 3.21. The van der Waals surface area contributed by atoms with Gasteiger partial charge in [0.05, 0.1) is 14.2 Å². The highest BCUT2D eigenvalue weighted by molar-refractivity contribution is 5.50. The number of anilines is 1. The van der Waals surface area contributed by atoms with Crippen LogP contribution in [0.1, 0.15) is 18.5 Å². The van der Waals surface area contributed by atoms with Crippen LogP contribution < -0.4 is 14.8 Å². The maximum Gasteiger partial charge on any atom is 0.165 e. The van der Waals surface area contributed by atoms with Crippen molar-refractivity contribution in [3.05, 3.63) is 53.6 Å². The second-order valence-electron chi connectivity index (χ2n) is 4.61. The predicted octanol–water partition coefficient (Wildman–Crippen LogP) is 4.16. The molecule has 3 nitrogen and oxygen atoms in total. The number of methoxy groups -OCH3 is 2. The molecular formula is C16H17F2NO2. The van der Waals surface area contributed by atoms with Crippen LogP contribution in [-0.4, -0.2) is 14.2 Å². The summed E-state index contributed by atoms with van der Waals surface area (Å²) in [5, 5.41) is 3.17. The van der Waals surface area contributed by atoms with E-state index < -0.39 is 11.6 Å². The molecule has 0 radical (unpaired) electrons. The average Bonchev–Trinajstić information content (AvgIpc) is 2.49. The number of ether oxygens (including phenoxy) is 2. The number of rotatable bonds is 5. The summed E-state index contributed by atoms with van der Waals surface area (Å²) in [6.07, 6.45) is 0. The van der Waals surface area contributed by atoms with Crippen molar-refractivity contribution in [2.45, 2.75) is 13.0 Å². The van der Waals surface area contributed by atoms with Gasteiger partial charge in [0.15, 0.2) is 23.1 Å². The van der Waals surface area contributed by atoms with E-state index >= 15 is 0 Å². The Hall–Kier alpha value is -2.30. The first-order valence-corrected chi connectivity index (χ1v) is 6.48. The Labute approximate surface area is 122 Å². The summed E-state index contributed by atoms with van der Waals surface area (Å²) in [7, 11) is 2.83. The fourth-order valence-corrected chi connectivity index (χ4v) is 2.03. The van der Waals surface area contributed by atoms with E-state index in [1.165, 1.54) is 26.4 Å². The Kier molecular flexibility index (Phi) is 4.62. The summed E-state index contributed by atoms with van der Waals surface area (Å²) < 4.78 is 36.9. The molecule has 1 N–H and O–H groups in total. The van der Waals surface area contributed by atoms with Gasteiger partial charge in [0.2, 0.25) is 0 Å². The molecule has 0 fully saturated rings. The standard InChI is InChI=1S/C16H17F2NO2/c1-10(11-4-7-15(20-2)14(18)8-11)19-12-5-6-13(17)16(9-12)21-3/h4-10,19H,1-3H3. The molecule has 1 atom stereocenters. The molecule has 0 bridgehead atoms. The molecule has 0 aliphatic rings. The van der Waals surface area contributed by atoms with Crippen molar-refractivity contribution in [1.82, 2.24) is 0 Å². The van der Waals surface area contributed by atoms with E-state index in [4.69, 9.17) is 9.47 Å². The van der Waals surface area contributed by atoms with Gasteiger partial charge in [0.1, 0.15) is 0 Å². The highest BCUT2D eigenvalue weighted by atomic mass is 19.1. The van der Waals surface area contributed by atoms with Crippen LogP contribution in [0.25, 0.3) is 0 Å². The second-order valence-corrected chi connectivity index (χ2v) is 4.61. The number of hydrogen-bond acceptors (Lipinski definition) is 3. The van der Waals surface area contributed by atoms with Gasteiger partial charge in [-0.15, -0.1) is 0 Å². The average molecular weight is 293 g/mol. The van der Waals surface area contributed by atoms with E-state index in [0.717, 1.165) is 5.56 Å². The van der Waals surface area contributed by atoms with Crippen LogP contribution in [0.15, 0.2) is 36.4 Å². The van der Waals surface area contributed by atoms with Crippen LogP contribution >= 0.6 is 0 Å². The van der Waals surface area contributed by atoms with Crippen LogP contribution in [0.5, 0.6) is 11.5 Å². The number of benzene rings is 2. The molecule has 1 unspecified atom stereocenters. The van der Waals surface area contributed by atoms with Gasteiger partial charge in [-0.2, -0.15) is 0 Å². The van der Waals surface area contributed by atoms with Crippen LogP contribution in [0.3, 0.4) is 0 Å². The highest BCUT2D eigenvalue weighted by Gasteiger charge is 2.11. The summed E-state index contributed by atoms with van der Waals surface area (Å²) in [4.78, 5) is 0. The van der Waals surface area contributed by atoms with E-state index in [1.807, 2.05) is 6.92 Å². The quantitative estimate of drug-likeness (QED) is 0.898. The van der Waals surface area contributed by atoms with Gasteiger partial charge in [0, 0.05) is 17.8 Å². The third kappa shape index (κ3) is 3.42. The Morgan fingerprint density at radius 3 is 2.24 bits per heavy atom. The predicted molar refractivity (Wildman–Crippen MR) is 77.9 cm³/mol. The molecule has 0 saturated carbocycles. The van der Waals surface area contributed by atoms with Crippen molar-refractivity contribution < 1.29 is 18.3 Å². The molecule has 112 valence electrons. The Bertz CT molecular complexity index is 632. The Morgan fingerprint density at radius 1 is 0.905 bits per heavy atom. The molecule has 0 heterocycles. The first kappa shape index (κ1) is 15.1. The molecule has 0 aliphatic heterocycles. The van der Waals surface area contributed by atoms with Gasteiger partial charge in [-0.25, -0.2) is 8.78 Å². The first-order chi connectivity index (χ1) is 10.0. The minimum absolute atomic E-state index is 0.152. The number of hydrogen-bond donors (Lipinski definition) is 1. The van der Waals surface area contributed by atoms with Crippen LogP contribution in [0.4, 0.5) is 14.5 Å². The zero-order chi connectivity index (χ0) is 15.4. The summed E-state index contributed by atoms with van der Waals surface area (Å²) in [6.45, 7) is 1.89. The second kappa shape index (κ2) is 6.43. The van der Waals surface area contributed by atoms with Crippen molar-refractivity contribution >= 4 is 5.69 Å². The number of nitrogens with one attached hydrogen (secondary N) is 1. The monoisotopic (exact) mass is 293 g/mol. The fraction of sp³-hybridized carbons (Fsp3) is 0.250. The molecule has 0 amide bonds. The Balaban J connectivity index is 2.17. The highest BCUT2D eigenvalue weighted by Crippen LogP contribution is 2.27. The van der Waals surface area contributed by atoms with Gasteiger partial charge in [0.25, 0.3) is 0 Å². The van der Waals surface area contributed by atoms with E-state index in [1.54, 1.807) is 24.3 Å².